The Balaban J connectivity index is 1.76. The standard InChI is InChI=1S/C18H17BrO2/c19-15-5-4-14-11-18(20,8-6-13(14)10-15)16-3-1-2-12-7-9-21-17(12)16/h1-5,10,20H,6-9,11H2. The van der Waals surface area contributed by atoms with Gasteiger partial charge in [0.2, 0.25) is 0 Å². The quantitative estimate of drug-likeness (QED) is 0.853. The molecule has 21 heavy (non-hydrogen) atoms. The highest BCUT2D eigenvalue weighted by atomic mass is 79.9. The zero-order chi connectivity index (χ0) is 14.4. The molecule has 108 valence electrons. The monoisotopic (exact) mass is 344 g/mol. The van der Waals surface area contributed by atoms with Crippen molar-refractivity contribution in [2.75, 3.05) is 6.61 Å². The Bertz CT molecular complexity index is 710. The fourth-order valence-electron chi connectivity index (χ4n) is 3.56. The van der Waals surface area contributed by atoms with E-state index in [1.807, 2.05) is 12.1 Å². The Morgan fingerprint density at radius 3 is 2.86 bits per heavy atom. The van der Waals surface area contributed by atoms with Crippen molar-refractivity contribution < 1.29 is 9.84 Å². The fourth-order valence-corrected chi connectivity index (χ4v) is 3.96. The van der Waals surface area contributed by atoms with Crippen molar-refractivity contribution in [3.05, 3.63) is 63.1 Å². The molecule has 0 saturated heterocycles. The minimum Gasteiger partial charge on any atom is -0.493 e. The van der Waals surface area contributed by atoms with E-state index in [-0.39, 0.29) is 0 Å². The predicted octanol–water partition coefficient (Wildman–Crippen LogP) is 3.76. The lowest BCUT2D eigenvalue weighted by atomic mass is 9.76. The Kier molecular flexibility index (Phi) is 3.09. The van der Waals surface area contributed by atoms with Crippen LogP contribution in [0, 0.1) is 0 Å². The predicted molar refractivity (Wildman–Crippen MR) is 85.7 cm³/mol. The van der Waals surface area contributed by atoms with Gasteiger partial charge >= 0.3 is 0 Å². The third-order valence-electron chi connectivity index (χ3n) is 4.67. The zero-order valence-electron chi connectivity index (χ0n) is 11.7. The van der Waals surface area contributed by atoms with Crippen LogP contribution in [0.25, 0.3) is 0 Å². The molecule has 0 fully saturated rings. The van der Waals surface area contributed by atoms with Crippen molar-refractivity contribution >= 4 is 15.9 Å². The maximum atomic E-state index is 11.2. The van der Waals surface area contributed by atoms with E-state index < -0.39 is 5.60 Å². The second-order valence-corrected chi connectivity index (χ2v) is 6.93. The van der Waals surface area contributed by atoms with Crippen molar-refractivity contribution in [2.24, 2.45) is 0 Å². The maximum absolute atomic E-state index is 11.2. The maximum Gasteiger partial charge on any atom is 0.128 e. The first-order chi connectivity index (χ1) is 10.2. The second-order valence-electron chi connectivity index (χ2n) is 6.01. The number of halogens is 1. The van der Waals surface area contributed by atoms with Crippen LogP contribution in [-0.2, 0) is 24.9 Å². The van der Waals surface area contributed by atoms with Gasteiger partial charge in [0.25, 0.3) is 0 Å². The van der Waals surface area contributed by atoms with E-state index in [0.717, 1.165) is 41.7 Å². The molecule has 2 aromatic rings. The number of aryl methyl sites for hydroxylation is 1. The minimum atomic E-state index is -0.809. The summed E-state index contributed by atoms with van der Waals surface area (Å²) in [5.41, 5.74) is 3.95. The highest BCUT2D eigenvalue weighted by Crippen LogP contribution is 2.43. The van der Waals surface area contributed by atoms with Crippen molar-refractivity contribution in [1.82, 2.24) is 0 Å². The number of fused-ring (bicyclic) bond motifs is 2. The van der Waals surface area contributed by atoms with E-state index in [2.05, 4.69) is 40.2 Å². The zero-order valence-corrected chi connectivity index (χ0v) is 13.3. The Morgan fingerprint density at radius 1 is 1.05 bits per heavy atom. The van der Waals surface area contributed by atoms with Crippen LogP contribution in [0.4, 0.5) is 0 Å². The highest BCUT2D eigenvalue weighted by Gasteiger charge is 2.37. The average molecular weight is 345 g/mol. The first-order valence-electron chi connectivity index (χ1n) is 7.41. The molecule has 0 saturated carbocycles. The van der Waals surface area contributed by atoms with Gasteiger partial charge < -0.3 is 9.84 Å². The summed E-state index contributed by atoms with van der Waals surface area (Å²) in [5, 5.41) is 11.2. The van der Waals surface area contributed by atoms with E-state index >= 15 is 0 Å². The molecule has 1 N–H and O–H groups in total. The largest absolute Gasteiger partial charge is 0.493 e. The molecule has 1 aliphatic carbocycles. The molecule has 1 heterocycles. The molecular weight excluding hydrogens is 328 g/mol. The fraction of sp³-hybridized carbons (Fsp3) is 0.333. The average Bonchev–Trinajstić information content (AvgIpc) is 2.96. The van der Waals surface area contributed by atoms with Crippen LogP contribution in [0.5, 0.6) is 5.75 Å². The van der Waals surface area contributed by atoms with Crippen LogP contribution in [0.1, 0.15) is 28.7 Å². The number of aliphatic hydroxyl groups is 1. The molecule has 2 aromatic carbocycles. The molecule has 0 amide bonds. The lowest BCUT2D eigenvalue weighted by molar-refractivity contribution is 0.0200. The van der Waals surface area contributed by atoms with Crippen molar-refractivity contribution in [1.29, 1.82) is 0 Å². The first-order valence-corrected chi connectivity index (χ1v) is 8.20. The number of hydrogen-bond donors (Lipinski definition) is 1. The van der Waals surface area contributed by atoms with Crippen LogP contribution < -0.4 is 4.74 Å². The summed E-state index contributed by atoms with van der Waals surface area (Å²) in [6.07, 6.45) is 3.25. The summed E-state index contributed by atoms with van der Waals surface area (Å²) >= 11 is 3.52. The van der Waals surface area contributed by atoms with Gasteiger partial charge in [-0.15, -0.1) is 0 Å². The van der Waals surface area contributed by atoms with Crippen molar-refractivity contribution in [2.45, 2.75) is 31.3 Å². The van der Waals surface area contributed by atoms with Gasteiger partial charge in [0.1, 0.15) is 5.75 Å². The molecular formula is C18H17BrO2. The summed E-state index contributed by atoms with van der Waals surface area (Å²) < 4.78 is 6.89. The SMILES string of the molecule is OC1(c2cccc3c2OCC3)CCc2cc(Br)ccc2C1. The lowest BCUT2D eigenvalue weighted by Crippen LogP contribution is -2.33. The molecule has 2 nitrogen and oxygen atoms in total. The topological polar surface area (TPSA) is 29.5 Å². The number of ether oxygens (including phenoxy) is 1. The highest BCUT2D eigenvalue weighted by molar-refractivity contribution is 9.10. The van der Waals surface area contributed by atoms with E-state index in [1.165, 1.54) is 16.7 Å². The Labute approximate surface area is 132 Å². The molecule has 3 heteroatoms. The summed E-state index contributed by atoms with van der Waals surface area (Å²) in [6, 6.07) is 12.5. The number of rotatable bonds is 1. The van der Waals surface area contributed by atoms with E-state index in [4.69, 9.17) is 4.74 Å². The Morgan fingerprint density at radius 2 is 1.95 bits per heavy atom. The Hall–Kier alpha value is -1.32. The summed E-state index contributed by atoms with van der Waals surface area (Å²) in [7, 11) is 0. The van der Waals surface area contributed by atoms with Gasteiger partial charge in [-0.3, -0.25) is 0 Å². The van der Waals surface area contributed by atoms with Crippen molar-refractivity contribution in [3.63, 3.8) is 0 Å². The third kappa shape index (κ3) is 2.19. The van der Waals surface area contributed by atoms with Crippen LogP contribution >= 0.6 is 15.9 Å². The lowest BCUT2D eigenvalue weighted by Gasteiger charge is -2.35. The van der Waals surface area contributed by atoms with E-state index in [9.17, 15) is 5.11 Å². The smallest absolute Gasteiger partial charge is 0.128 e. The van der Waals surface area contributed by atoms with E-state index in [0.29, 0.717) is 6.42 Å². The van der Waals surface area contributed by atoms with E-state index in [1.54, 1.807) is 0 Å². The van der Waals surface area contributed by atoms with Crippen LogP contribution in [0.15, 0.2) is 40.9 Å². The molecule has 4 rings (SSSR count). The van der Waals surface area contributed by atoms with Gasteiger partial charge in [-0.2, -0.15) is 0 Å². The minimum absolute atomic E-state index is 0.662. The number of benzene rings is 2. The third-order valence-corrected chi connectivity index (χ3v) is 5.17. The van der Waals surface area contributed by atoms with Crippen LogP contribution in [-0.4, -0.2) is 11.7 Å². The summed E-state index contributed by atoms with van der Waals surface area (Å²) in [5.74, 6) is 0.917. The van der Waals surface area contributed by atoms with Crippen LogP contribution in [0.2, 0.25) is 0 Å². The summed E-state index contributed by atoms with van der Waals surface area (Å²) in [4.78, 5) is 0. The summed E-state index contributed by atoms with van der Waals surface area (Å²) in [6.45, 7) is 0.728. The molecule has 1 atom stereocenters. The molecule has 2 aliphatic rings. The molecule has 1 unspecified atom stereocenters. The molecule has 0 radical (unpaired) electrons. The number of hydrogen-bond acceptors (Lipinski definition) is 2. The first kappa shape index (κ1) is 13.4. The van der Waals surface area contributed by atoms with Crippen molar-refractivity contribution in [3.8, 4) is 5.75 Å². The molecule has 1 aliphatic heterocycles. The van der Waals surface area contributed by atoms with Gasteiger partial charge in [0.15, 0.2) is 0 Å². The number of para-hydroxylation sites is 1. The second kappa shape index (κ2) is 4.85. The molecule has 0 bridgehead atoms. The van der Waals surface area contributed by atoms with Crippen LogP contribution in [0.3, 0.4) is 0 Å². The van der Waals surface area contributed by atoms with Gasteiger partial charge in [0, 0.05) is 22.9 Å². The normalized spacial score (nSPS) is 23.3. The molecule has 0 spiro atoms. The van der Waals surface area contributed by atoms with Gasteiger partial charge in [-0.25, -0.2) is 0 Å². The van der Waals surface area contributed by atoms with Gasteiger partial charge in [-0.05, 0) is 41.7 Å². The van der Waals surface area contributed by atoms with Gasteiger partial charge in [0.05, 0.1) is 12.2 Å². The van der Waals surface area contributed by atoms with Gasteiger partial charge in [-0.1, -0.05) is 40.2 Å². The molecule has 0 aromatic heterocycles.